The summed E-state index contributed by atoms with van der Waals surface area (Å²) in [6.07, 6.45) is 4.04. The van der Waals surface area contributed by atoms with Crippen LogP contribution in [0.3, 0.4) is 0 Å². The van der Waals surface area contributed by atoms with Crippen molar-refractivity contribution in [1.82, 2.24) is 4.98 Å². The summed E-state index contributed by atoms with van der Waals surface area (Å²) in [4.78, 5) is 4.29. The minimum absolute atomic E-state index is 0.479. The minimum atomic E-state index is -2.74. The van der Waals surface area contributed by atoms with Crippen LogP contribution in [0.1, 0.15) is 18.5 Å². The number of hydrogen-bond donors (Lipinski definition) is 0. The van der Waals surface area contributed by atoms with Crippen LogP contribution < -0.4 is 10.6 Å². The summed E-state index contributed by atoms with van der Waals surface area (Å²) in [5, 5.41) is 1.75. The number of aryl methyl sites for hydroxylation is 1. The van der Waals surface area contributed by atoms with Gasteiger partial charge in [-0.15, -0.1) is 0 Å². The summed E-state index contributed by atoms with van der Waals surface area (Å²) >= 11 is 0. The van der Waals surface area contributed by atoms with E-state index >= 15 is 0 Å². The topological polar surface area (TPSA) is 43.1 Å². The smallest absolute Gasteiger partial charge is 0.191 e. The Hall–Kier alpha value is -2.38. The van der Waals surface area contributed by atoms with Crippen molar-refractivity contribution >= 4 is 23.8 Å². The van der Waals surface area contributed by atoms with Gasteiger partial charge in [-0.3, -0.25) is 0 Å². The van der Waals surface area contributed by atoms with Gasteiger partial charge in [0.1, 0.15) is 19.1 Å². The van der Waals surface area contributed by atoms with Gasteiger partial charge in [0.15, 0.2) is 5.89 Å². The molecule has 3 nitrogen and oxygen atoms in total. The summed E-state index contributed by atoms with van der Waals surface area (Å²) in [5.41, 5.74) is 1.78. The lowest BCUT2D eigenvalue weighted by atomic mass is 10.3. The van der Waals surface area contributed by atoms with E-state index in [1.165, 1.54) is 0 Å². The van der Waals surface area contributed by atoms with E-state index in [9.17, 15) is 4.57 Å². The molecule has 4 heteroatoms. The molecular weight excluding hydrogens is 317 g/mol. The van der Waals surface area contributed by atoms with Crippen molar-refractivity contribution in [2.45, 2.75) is 13.8 Å². The third kappa shape index (κ3) is 3.58. The first kappa shape index (κ1) is 16.5. The third-order valence-corrected chi connectivity index (χ3v) is 7.06. The standard InChI is InChI=1S/C20H20NO2P/c1-16(13-18-14-23-17(2)21-18)15-24(22,19-9-5-3-6-10-19)20-11-7-4-8-12-20/h3-14H,15H2,1-2H3. The molecule has 1 aromatic heterocycles. The maximum atomic E-state index is 13.9. The van der Waals surface area contributed by atoms with E-state index in [2.05, 4.69) is 4.98 Å². The molecule has 0 spiro atoms. The van der Waals surface area contributed by atoms with Gasteiger partial charge in [0.2, 0.25) is 0 Å². The van der Waals surface area contributed by atoms with Gasteiger partial charge in [0.05, 0.1) is 0 Å². The Balaban J connectivity index is 2.00. The molecule has 0 N–H and O–H groups in total. The average Bonchev–Trinajstić information content (AvgIpc) is 3.01. The molecule has 1 heterocycles. The summed E-state index contributed by atoms with van der Waals surface area (Å²) in [7, 11) is -2.74. The highest BCUT2D eigenvalue weighted by Gasteiger charge is 2.27. The van der Waals surface area contributed by atoms with Gasteiger partial charge >= 0.3 is 0 Å². The molecule has 0 fully saturated rings. The van der Waals surface area contributed by atoms with Crippen molar-refractivity contribution in [3.63, 3.8) is 0 Å². The van der Waals surface area contributed by atoms with Gasteiger partial charge < -0.3 is 8.98 Å². The number of allylic oxidation sites excluding steroid dienone is 1. The van der Waals surface area contributed by atoms with Crippen LogP contribution in [-0.4, -0.2) is 11.1 Å². The van der Waals surface area contributed by atoms with Crippen molar-refractivity contribution in [2.75, 3.05) is 6.16 Å². The monoisotopic (exact) mass is 337 g/mol. The Bertz CT molecular complexity index is 839. The lowest BCUT2D eigenvalue weighted by molar-refractivity contribution is 0.521. The van der Waals surface area contributed by atoms with E-state index in [0.29, 0.717) is 12.1 Å². The molecule has 0 atom stereocenters. The number of rotatable bonds is 5. The number of oxazole rings is 1. The summed E-state index contributed by atoms with van der Waals surface area (Å²) < 4.78 is 19.2. The van der Waals surface area contributed by atoms with E-state index in [1.54, 1.807) is 6.26 Å². The van der Waals surface area contributed by atoms with Gasteiger partial charge in [-0.2, -0.15) is 0 Å². The molecule has 3 rings (SSSR count). The first-order valence-electron chi connectivity index (χ1n) is 7.87. The molecule has 0 amide bonds. The predicted octanol–water partition coefficient (Wildman–Crippen LogP) is 4.40. The fourth-order valence-corrected chi connectivity index (χ4v) is 5.53. The Morgan fingerprint density at radius 2 is 1.58 bits per heavy atom. The number of hydrogen-bond acceptors (Lipinski definition) is 3. The Kier molecular flexibility index (Phi) is 4.82. The zero-order valence-electron chi connectivity index (χ0n) is 13.8. The second-order valence-corrected chi connectivity index (χ2v) is 8.68. The molecule has 0 aliphatic heterocycles. The highest BCUT2D eigenvalue weighted by molar-refractivity contribution is 7.78. The highest BCUT2D eigenvalue weighted by Crippen LogP contribution is 2.45. The highest BCUT2D eigenvalue weighted by atomic mass is 31.2. The largest absolute Gasteiger partial charge is 0.449 e. The molecule has 24 heavy (non-hydrogen) atoms. The lowest BCUT2D eigenvalue weighted by Gasteiger charge is -2.19. The van der Waals surface area contributed by atoms with Crippen molar-refractivity contribution < 1.29 is 8.98 Å². The van der Waals surface area contributed by atoms with E-state index in [-0.39, 0.29) is 0 Å². The molecule has 3 aromatic rings. The third-order valence-electron chi connectivity index (χ3n) is 3.85. The van der Waals surface area contributed by atoms with Crippen molar-refractivity contribution in [3.8, 4) is 0 Å². The Morgan fingerprint density at radius 3 is 2.04 bits per heavy atom. The van der Waals surface area contributed by atoms with Crippen LogP contribution in [0.4, 0.5) is 0 Å². The SMILES string of the molecule is CC(=Cc1coc(C)n1)CP(=O)(c1ccccc1)c1ccccc1. The molecule has 2 aromatic carbocycles. The van der Waals surface area contributed by atoms with Crippen molar-refractivity contribution in [3.05, 3.63) is 84.1 Å². The van der Waals surface area contributed by atoms with Crippen LogP contribution in [0.15, 0.2) is 76.9 Å². The molecule has 0 aliphatic carbocycles. The first-order valence-corrected chi connectivity index (χ1v) is 9.77. The van der Waals surface area contributed by atoms with Crippen LogP contribution in [0, 0.1) is 6.92 Å². The van der Waals surface area contributed by atoms with Crippen LogP contribution >= 0.6 is 7.14 Å². The number of benzene rings is 2. The lowest BCUT2D eigenvalue weighted by Crippen LogP contribution is -2.18. The Labute approximate surface area is 142 Å². The normalized spacial score (nSPS) is 12.3. The molecular formula is C20H20NO2P. The molecule has 0 bridgehead atoms. The van der Waals surface area contributed by atoms with Gasteiger partial charge in [-0.05, 0) is 13.0 Å². The molecule has 0 saturated heterocycles. The van der Waals surface area contributed by atoms with Crippen LogP contribution in [0.25, 0.3) is 6.08 Å². The van der Waals surface area contributed by atoms with Crippen LogP contribution in [0.2, 0.25) is 0 Å². The Morgan fingerprint density at radius 1 is 1.04 bits per heavy atom. The van der Waals surface area contributed by atoms with E-state index in [4.69, 9.17) is 4.42 Å². The molecule has 0 aliphatic rings. The fraction of sp³-hybridized carbons (Fsp3) is 0.150. The average molecular weight is 337 g/mol. The predicted molar refractivity (Wildman–Crippen MR) is 99.5 cm³/mol. The molecule has 0 saturated carbocycles. The van der Waals surface area contributed by atoms with Gasteiger partial charge in [-0.25, -0.2) is 4.98 Å². The summed E-state index contributed by atoms with van der Waals surface area (Å²) in [5.74, 6) is 0.628. The maximum Gasteiger partial charge on any atom is 0.191 e. The van der Waals surface area contributed by atoms with E-state index < -0.39 is 7.14 Å². The van der Waals surface area contributed by atoms with Crippen LogP contribution in [-0.2, 0) is 4.57 Å². The maximum absolute atomic E-state index is 13.9. The zero-order chi connectivity index (χ0) is 17.0. The van der Waals surface area contributed by atoms with Crippen LogP contribution in [0.5, 0.6) is 0 Å². The molecule has 0 radical (unpaired) electrons. The minimum Gasteiger partial charge on any atom is -0.449 e. The van der Waals surface area contributed by atoms with E-state index in [1.807, 2.05) is 80.6 Å². The summed E-state index contributed by atoms with van der Waals surface area (Å²) in [6, 6.07) is 19.4. The van der Waals surface area contributed by atoms with Crippen molar-refractivity contribution in [2.24, 2.45) is 0 Å². The second kappa shape index (κ2) is 7.02. The van der Waals surface area contributed by atoms with Gasteiger partial charge in [0, 0.05) is 23.7 Å². The summed E-state index contributed by atoms with van der Waals surface area (Å²) in [6.45, 7) is 3.80. The quantitative estimate of drug-likeness (QED) is 0.648. The van der Waals surface area contributed by atoms with Gasteiger partial charge in [0.25, 0.3) is 0 Å². The van der Waals surface area contributed by atoms with E-state index in [0.717, 1.165) is 21.9 Å². The molecule has 122 valence electrons. The fourth-order valence-electron chi connectivity index (χ4n) is 2.77. The van der Waals surface area contributed by atoms with Crippen molar-refractivity contribution in [1.29, 1.82) is 0 Å². The van der Waals surface area contributed by atoms with Gasteiger partial charge in [-0.1, -0.05) is 66.2 Å². The number of nitrogens with zero attached hydrogens (tertiary/aromatic N) is 1. The molecule has 0 unspecified atom stereocenters. The second-order valence-electron chi connectivity index (χ2n) is 5.85. The first-order chi connectivity index (χ1) is 11.6. The zero-order valence-corrected chi connectivity index (χ0v) is 14.7. The number of aromatic nitrogens is 1.